The molecule has 0 aliphatic carbocycles. The average molecular weight is 265 g/mol. The molecule has 0 aliphatic heterocycles. The average Bonchev–Trinajstić information content (AvgIpc) is 2.71. The van der Waals surface area contributed by atoms with Gasteiger partial charge in [0.05, 0.1) is 10.2 Å². The number of aliphatic hydroxyl groups excluding tert-OH is 1. The van der Waals surface area contributed by atoms with Crippen molar-refractivity contribution in [3.63, 3.8) is 0 Å². The molecule has 1 aromatic heterocycles. The molecule has 0 fully saturated rings. The van der Waals surface area contributed by atoms with Crippen LogP contribution in [0.3, 0.4) is 0 Å². The summed E-state index contributed by atoms with van der Waals surface area (Å²) in [5.74, 6) is 0. The number of fused-ring (bicyclic) bond motifs is 1. The molecule has 0 unspecified atom stereocenters. The van der Waals surface area contributed by atoms with Crippen molar-refractivity contribution in [1.29, 1.82) is 0 Å². The van der Waals surface area contributed by atoms with E-state index in [4.69, 9.17) is 10.8 Å². The van der Waals surface area contributed by atoms with Crippen molar-refractivity contribution in [3.05, 3.63) is 18.2 Å². The van der Waals surface area contributed by atoms with Gasteiger partial charge in [0, 0.05) is 24.9 Å². The molecule has 2 rings (SSSR count). The van der Waals surface area contributed by atoms with E-state index < -0.39 is 0 Å². The third kappa shape index (κ3) is 2.73. The number of benzene rings is 1. The molecule has 0 radical (unpaired) electrons. The summed E-state index contributed by atoms with van der Waals surface area (Å²) >= 11 is 1.65. The number of aliphatic hydroxyl groups is 1. The van der Waals surface area contributed by atoms with E-state index in [-0.39, 0.29) is 6.61 Å². The quantitative estimate of drug-likeness (QED) is 0.815. The zero-order chi connectivity index (χ0) is 13.1. The summed E-state index contributed by atoms with van der Waals surface area (Å²) in [5.41, 5.74) is 7.53. The van der Waals surface area contributed by atoms with Crippen LogP contribution < -0.4 is 10.6 Å². The Morgan fingerprint density at radius 3 is 2.89 bits per heavy atom. The Kier molecular flexibility index (Phi) is 4.04. The molecule has 2 aromatic rings. The Morgan fingerprint density at radius 1 is 1.44 bits per heavy atom. The van der Waals surface area contributed by atoms with E-state index in [0.717, 1.165) is 34.0 Å². The highest BCUT2D eigenvalue weighted by atomic mass is 32.1. The second kappa shape index (κ2) is 5.54. The molecular weight excluding hydrogens is 246 g/mol. The summed E-state index contributed by atoms with van der Waals surface area (Å²) in [5, 5.41) is 9.96. The normalized spacial score (nSPS) is 11.3. The van der Waals surface area contributed by atoms with Gasteiger partial charge in [0.1, 0.15) is 0 Å². The van der Waals surface area contributed by atoms with Gasteiger partial charge in [-0.15, -0.1) is 0 Å². The van der Waals surface area contributed by atoms with Gasteiger partial charge in [-0.3, -0.25) is 0 Å². The molecule has 1 heterocycles. The molecule has 5 heteroatoms. The van der Waals surface area contributed by atoms with Crippen LogP contribution in [0.5, 0.6) is 0 Å². The minimum Gasteiger partial charge on any atom is -0.399 e. The number of anilines is 2. The van der Waals surface area contributed by atoms with E-state index in [1.54, 1.807) is 11.3 Å². The topological polar surface area (TPSA) is 62.4 Å². The standard InChI is InChI=1S/C13H19N3OS/c1-9(2)16(6-3-7-17)13-15-11-5-4-10(14)8-12(11)18-13/h4-5,8-9,17H,3,6-7,14H2,1-2H3. The van der Waals surface area contributed by atoms with Crippen LogP contribution in [0.1, 0.15) is 20.3 Å². The van der Waals surface area contributed by atoms with Gasteiger partial charge in [-0.05, 0) is 38.5 Å². The zero-order valence-corrected chi connectivity index (χ0v) is 11.6. The van der Waals surface area contributed by atoms with Gasteiger partial charge in [-0.25, -0.2) is 4.98 Å². The summed E-state index contributed by atoms with van der Waals surface area (Å²) in [4.78, 5) is 6.85. The third-order valence-corrected chi connectivity index (χ3v) is 3.88. The van der Waals surface area contributed by atoms with Crippen molar-refractivity contribution < 1.29 is 5.11 Å². The van der Waals surface area contributed by atoms with Gasteiger partial charge in [0.25, 0.3) is 0 Å². The van der Waals surface area contributed by atoms with Crippen molar-refractivity contribution in [2.24, 2.45) is 0 Å². The first-order valence-corrected chi connectivity index (χ1v) is 6.97. The fourth-order valence-electron chi connectivity index (χ4n) is 1.87. The van der Waals surface area contributed by atoms with Gasteiger partial charge in [-0.2, -0.15) is 0 Å². The third-order valence-electron chi connectivity index (χ3n) is 2.83. The Balaban J connectivity index is 2.32. The summed E-state index contributed by atoms with van der Waals surface area (Å²) in [6.45, 7) is 5.31. The lowest BCUT2D eigenvalue weighted by atomic mass is 10.3. The SMILES string of the molecule is CC(C)N(CCCO)c1nc2ccc(N)cc2s1. The summed E-state index contributed by atoms with van der Waals surface area (Å²) < 4.78 is 1.11. The molecule has 0 saturated carbocycles. The minimum absolute atomic E-state index is 0.209. The molecule has 0 amide bonds. The lowest BCUT2D eigenvalue weighted by Gasteiger charge is -2.25. The van der Waals surface area contributed by atoms with E-state index in [2.05, 4.69) is 23.7 Å². The molecule has 0 saturated heterocycles. The highest BCUT2D eigenvalue weighted by Crippen LogP contribution is 2.31. The number of rotatable bonds is 5. The first-order chi connectivity index (χ1) is 8.61. The minimum atomic E-state index is 0.209. The van der Waals surface area contributed by atoms with Crippen LogP contribution in [-0.2, 0) is 0 Å². The molecule has 0 atom stereocenters. The van der Waals surface area contributed by atoms with E-state index in [0.29, 0.717) is 6.04 Å². The molecule has 98 valence electrons. The van der Waals surface area contributed by atoms with Crippen molar-refractivity contribution in [1.82, 2.24) is 4.98 Å². The summed E-state index contributed by atoms with van der Waals surface area (Å²) in [6, 6.07) is 6.16. The molecule has 0 aliphatic rings. The van der Waals surface area contributed by atoms with Crippen LogP contribution in [0.15, 0.2) is 18.2 Å². The van der Waals surface area contributed by atoms with Crippen LogP contribution in [0, 0.1) is 0 Å². The summed E-state index contributed by atoms with van der Waals surface area (Å²) in [7, 11) is 0. The maximum Gasteiger partial charge on any atom is 0.186 e. The predicted octanol–water partition coefficient (Wildman–Crippen LogP) is 2.48. The maximum atomic E-state index is 8.96. The van der Waals surface area contributed by atoms with E-state index in [1.165, 1.54) is 0 Å². The lowest BCUT2D eigenvalue weighted by Crippen LogP contribution is -2.32. The van der Waals surface area contributed by atoms with Gasteiger partial charge in [0.2, 0.25) is 0 Å². The molecule has 4 nitrogen and oxygen atoms in total. The smallest absolute Gasteiger partial charge is 0.186 e. The van der Waals surface area contributed by atoms with Crippen LogP contribution in [0.25, 0.3) is 10.2 Å². The fourth-order valence-corrected chi connectivity index (χ4v) is 3.04. The molecular formula is C13H19N3OS. The highest BCUT2D eigenvalue weighted by molar-refractivity contribution is 7.22. The number of nitrogen functional groups attached to an aromatic ring is 1. The van der Waals surface area contributed by atoms with Gasteiger partial charge >= 0.3 is 0 Å². The summed E-state index contributed by atoms with van der Waals surface area (Å²) in [6.07, 6.45) is 0.760. The van der Waals surface area contributed by atoms with Crippen LogP contribution in [-0.4, -0.2) is 29.3 Å². The van der Waals surface area contributed by atoms with Gasteiger partial charge in [0.15, 0.2) is 5.13 Å². The van der Waals surface area contributed by atoms with Crippen LogP contribution in [0.2, 0.25) is 0 Å². The Labute approximate surface area is 111 Å². The number of nitrogens with zero attached hydrogens (tertiary/aromatic N) is 2. The second-order valence-electron chi connectivity index (χ2n) is 4.59. The van der Waals surface area contributed by atoms with E-state index >= 15 is 0 Å². The molecule has 1 aromatic carbocycles. The Bertz CT molecular complexity index is 524. The predicted molar refractivity (Wildman–Crippen MR) is 78.2 cm³/mol. The zero-order valence-electron chi connectivity index (χ0n) is 10.8. The molecule has 18 heavy (non-hydrogen) atoms. The van der Waals surface area contributed by atoms with Crippen LogP contribution in [0.4, 0.5) is 10.8 Å². The number of thiazole rings is 1. The van der Waals surface area contributed by atoms with Crippen molar-refractivity contribution in [3.8, 4) is 0 Å². The first-order valence-electron chi connectivity index (χ1n) is 6.15. The second-order valence-corrected chi connectivity index (χ2v) is 5.60. The van der Waals surface area contributed by atoms with Crippen LogP contribution >= 0.6 is 11.3 Å². The van der Waals surface area contributed by atoms with E-state index in [1.807, 2.05) is 18.2 Å². The molecule has 0 bridgehead atoms. The lowest BCUT2D eigenvalue weighted by molar-refractivity contribution is 0.288. The van der Waals surface area contributed by atoms with Gasteiger partial charge in [-0.1, -0.05) is 11.3 Å². The maximum absolute atomic E-state index is 8.96. The Morgan fingerprint density at radius 2 is 2.22 bits per heavy atom. The number of aromatic nitrogens is 1. The number of hydrogen-bond donors (Lipinski definition) is 2. The van der Waals surface area contributed by atoms with Gasteiger partial charge < -0.3 is 15.7 Å². The first kappa shape index (κ1) is 13.1. The highest BCUT2D eigenvalue weighted by Gasteiger charge is 2.14. The fraction of sp³-hybridized carbons (Fsp3) is 0.462. The largest absolute Gasteiger partial charge is 0.399 e. The Hall–Kier alpha value is -1.33. The van der Waals surface area contributed by atoms with E-state index in [9.17, 15) is 0 Å². The van der Waals surface area contributed by atoms with Crippen molar-refractivity contribution in [2.45, 2.75) is 26.3 Å². The molecule has 0 spiro atoms. The number of nitrogens with two attached hydrogens (primary N) is 1. The monoisotopic (exact) mass is 265 g/mol. The molecule has 3 N–H and O–H groups in total. The van der Waals surface area contributed by atoms with Crippen molar-refractivity contribution in [2.75, 3.05) is 23.8 Å². The number of hydrogen-bond acceptors (Lipinski definition) is 5. The van der Waals surface area contributed by atoms with Crippen molar-refractivity contribution >= 4 is 32.4 Å².